The van der Waals surface area contributed by atoms with Crippen molar-refractivity contribution in [3.63, 3.8) is 0 Å². The Morgan fingerprint density at radius 2 is 1.23 bits per heavy atom. The summed E-state index contributed by atoms with van der Waals surface area (Å²) in [5, 5.41) is 0. The second-order valence-corrected chi connectivity index (χ2v) is 11.1. The predicted octanol–water partition coefficient (Wildman–Crippen LogP) is 6.19. The van der Waals surface area contributed by atoms with Crippen LogP contribution in [0.2, 0.25) is 0 Å². The molecule has 0 radical (unpaired) electrons. The van der Waals surface area contributed by atoms with Gasteiger partial charge in [-0.15, -0.1) is 0 Å². The largest absolute Gasteiger partial charge is 0.465 e. The number of carbonyl (C=O) groups is 4. The van der Waals surface area contributed by atoms with E-state index in [4.69, 9.17) is 9.47 Å². The van der Waals surface area contributed by atoms with Crippen LogP contribution in [0.3, 0.4) is 0 Å². The molecular weight excluding hydrogens is 512 g/mol. The smallest absolute Gasteiger partial charge is 0.337 e. The molecule has 0 saturated heterocycles. The summed E-state index contributed by atoms with van der Waals surface area (Å²) in [5.74, 6) is -1.34. The van der Waals surface area contributed by atoms with Gasteiger partial charge in [-0.2, -0.15) is 0 Å². The van der Waals surface area contributed by atoms with Crippen molar-refractivity contribution in [3.8, 4) is 0 Å². The van der Waals surface area contributed by atoms with Gasteiger partial charge in [0.05, 0.1) is 25.3 Å². The molecule has 0 unspecified atom stereocenters. The summed E-state index contributed by atoms with van der Waals surface area (Å²) in [6, 6.07) is 10.5. The molecule has 0 bridgehead atoms. The highest BCUT2D eigenvalue weighted by Gasteiger charge is 2.17. The highest BCUT2D eigenvalue weighted by molar-refractivity contribution is 5.91. The summed E-state index contributed by atoms with van der Waals surface area (Å²) >= 11 is 0. The summed E-state index contributed by atoms with van der Waals surface area (Å²) in [6.45, 7) is 14.8. The van der Waals surface area contributed by atoms with Gasteiger partial charge in [0.2, 0.25) is 0 Å². The van der Waals surface area contributed by atoms with E-state index in [1.807, 2.05) is 61.5 Å². The number of ether oxygens (including phenoxy) is 4. The third-order valence-electron chi connectivity index (χ3n) is 5.28. The first-order valence-corrected chi connectivity index (χ1v) is 13.0. The molecule has 218 valence electrons. The predicted molar refractivity (Wildman–Crippen MR) is 154 cm³/mol. The van der Waals surface area contributed by atoms with E-state index in [2.05, 4.69) is 9.47 Å². The molecule has 0 saturated carbocycles. The zero-order valence-corrected chi connectivity index (χ0v) is 25.3. The maximum absolute atomic E-state index is 11.7. The zero-order valence-electron chi connectivity index (χ0n) is 25.3. The fraction of sp³-hybridized carbons (Fsp3) is 0.438. The van der Waals surface area contributed by atoms with E-state index in [1.165, 1.54) is 20.3 Å². The number of esters is 4. The summed E-state index contributed by atoms with van der Waals surface area (Å²) in [6.07, 6.45) is 3.98. The Hall–Kier alpha value is -3.94. The van der Waals surface area contributed by atoms with Gasteiger partial charge in [0.25, 0.3) is 0 Å². The Bertz CT molecular complexity index is 1230. The lowest BCUT2D eigenvalue weighted by atomic mass is 10.0. The number of benzene rings is 2. The summed E-state index contributed by atoms with van der Waals surface area (Å²) in [7, 11) is 2.70. The van der Waals surface area contributed by atoms with Crippen molar-refractivity contribution in [1.29, 1.82) is 0 Å². The maximum Gasteiger partial charge on any atom is 0.337 e. The fourth-order valence-electron chi connectivity index (χ4n) is 3.45. The number of methoxy groups -OCH3 is 2. The van der Waals surface area contributed by atoms with Crippen molar-refractivity contribution in [2.45, 2.75) is 79.4 Å². The molecule has 2 aromatic rings. The lowest BCUT2D eigenvalue weighted by molar-refractivity contribution is -0.154. The van der Waals surface area contributed by atoms with Crippen molar-refractivity contribution in [2.75, 3.05) is 14.2 Å². The third-order valence-corrected chi connectivity index (χ3v) is 5.28. The standard InChI is InChI=1S/C16H22O4.C16H20O4/c2*1-11-10-13(15(18)19-5)7-6-12(11)8-9-14(17)20-16(2,3)4/h6-7,10H,8-9H2,1-5H3;6-10H,1-5H3. The van der Waals surface area contributed by atoms with E-state index in [1.54, 1.807) is 36.4 Å². The molecule has 0 aliphatic heterocycles. The molecule has 0 amide bonds. The molecule has 0 atom stereocenters. The third kappa shape index (κ3) is 12.7. The van der Waals surface area contributed by atoms with Gasteiger partial charge in [0.1, 0.15) is 11.2 Å². The number of hydrogen-bond acceptors (Lipinski definition) is 8. The number of rotatable bonds is 7. The Morgan fingerprint density at radius 1 is 0.725 bits per heavy atom. The number of aryl methyl sites for hydroxylation is 3. The summed E-state index contributed by atoms with van der Waals surface area (Å²) in [4.78, 5) is 46.0. The van der Waals surface area contributed by atoms with Crippen molar-refractivity contribution >= 4 is 30.0 Å². The topological polar surface area (TPSA) is 105 Å². The van der Waals surface area contributed by atoms with Gasteiger partial charge in [0.15, 0.2) is 0 Å². The molecule has 8 heteroatoms. The van der Waals surface area contributed by atoms with Crippen molar-refractivity contribution in [1.82, 2.24) is 0 Å². The number of carbonyl (C=O) groups excluding carboxylic acids is 4. The lowest BCUT2D eigenvalue weighted by Gasteiger charge is -2.19. The molecule has 0 aliphatic rings. The van der Waals surface area contributed by atoms with Crippen LogP contribution >= 0.6 is 0 Å². The number of hydrogen-bond donors (Lipinski definition) is 0. The van der Waals surface area contributed by atoms with Crippen molar-refractivity contribution in [3.05, 3.63) is 75.9 Å². The van der Waals surface area contributed by atoms with Crippen LogP contribution in [0.4, 0.5) is 0 Å². The highest BCUT2D eigenvalue weighted by atomic mass is 16.6. The highest BCUT2D eigenvalue weighted by Crippen LogP contribution is 2.17. The summed E-state index contributed by atoms with van der Waals surface area (Å²) < 4.78 is 19.8. The quantitative estimate of drug-likeness (QED) is 0.227. The van der Waals surface area contributed by atoms with E-state index in [0.717, 1.165) is 22.3 Å². The SMILES string of the molecule is COC(=O)c1ccc(C=CC(=O)OC(C)(C)C)c(C)c1.COC(=O)c1ccc(CCC(=O)OC(C)(C)C)c(C)c1. The van der Waals surface area contributed by atoms with Crippen LogP contribution in [0, 0.1) is 13.8 Å². The van der Waals surface area contributed by atoms with E-state index in [0.29, 0.717) is 24.0 Å². The Labute approximate surface area is 237 Å². The van der Waals surface area contributed by atoms with E-state index in [9.17, 15) is 19.2 Å². The van der Waals surface area contributed by atoms with E-state index >= 15 is 0 Å². The Kier molecular flexibility index (Phi) is 12.8. The van der Waals surface area contributed by atoms with Gasteiger partial charge >= 0.3 is 23.9 Å². The van der Waals surface area contributed by atoms with E-state index < -0.39 is 17.2 Å². The average Bonchev–Trinajstić information content (AvgIpc) is 2.84. The Morgan fingerprint density at radius 3 is 1.68 bits per heavy atom. The van der Waals surface area contributed by atoms with Gasteiger partial charge < -0.3 is 18.9 Å². The first kappa shape index (κ1) is 34.1. The first-order chi connectivity index (χ1) is 18.5. The Balaban J connectivity index is 0.000000400. The molecule has 40 heavy (non-hydrogen) atoms. The molecule has 0 aliphatic carbocycles. The van der Waals surface area contributed by atoms with Crippen LogP contribution in [0.1, 0.15) is 90.9 Å². The van der Waals surface area contributed by atoms with Crippen LogP contribution < -0.4 is 0 Å². The molecular formula is C32H42O8. The van der Waals surface area contributed by atoms with Crippen molar-refractivity contribution < 1.29 is 38.1 Å². The van der Waals surface area contributed by atoms with Crippen LogP contribution in [0.15, 0.2) is 42.5 Å². The van der Waals surface area contributed by atoms with Crippen LogP contribution in [-0.2, 0) is 35.0 Å². The molecule has 2 rings (SSSR count). The van der Waals surface area contributed by atoms with Gasteiger partial charge in [0, 0.05) is 12.5 Å². The molecule has 0 N–H and O–H groups in total. The molecule has 0 spiro atoms. The minimum absolute atomic E-state index is 0.214. The molecule has 0 heterocycles. The van der Waals surface area contributed by atoms with Gasteiger partial charge in [-0.3, -0.25) is 4.79 Å². The van der Waals surface area contributed by atoms with Crippen molar-refractivity contribution in [2.24, 2.45) is 0 Å². The minimum atomic E-state index is -0.509. The van der Waals surface area contributed by atoms with Crippen LogP contribution in [0.25, 0.3) is 6.08 Å². The summed E-state index contributed by atoms with van der Waals surface area (Å²) in [5.41, 5.74) is 3.77. The molecule has 0 fully saturated rings. The van der Waals surface area contributed by atoms with E-state index in [-0.39, 0.29) is 17.9 Å². The minimum Gasteiger partial charge on any atom is -0.465 e. The lowest BCUT2D eigenvalue weighted by Crippen LogP contribution is -2.24. The molecule has 0 aromatic heterocycles. The molecule has 8 nitrogen and oxygen atoms in total. The second kappa shape index (κ2) is 15.0. The normalized spacial score (nSPS) is 11.2. The van der Waals surface area contributed by atoms with Gasteiger partial charge in [-0.05, 0) is 114 Å². The molecule has 2 aromatic carbocycles. The van der Waals surface area contributed by atoms with Crippen LogP contribution in [-0.4, -0.2) is 49.3 Å². The maximum atomic E-state index is 11.7. The van der Waals surface area contributed by atoms with Gasteiger partial charge in [-0.1, -0.05) is 12.1 Å². The average molecular weight is 555 g/mol. The zero-order chi connectivity index (χ0) is 30.7. The van der Waals surface area contributed by atoms with Crippen LogP contribution in [0.5, 0.6) is 0 Å². The monoisotopic (exact) mass is 554 g/mol. The fourth-order valence-corrected chi connectivity index (χ4v) is 3.45. The first-order valence-electron chi connectivity index (χ1n) is 13.0. The second-order valence-electron chi connectivity index (χ2n) is 11.1. The van der Waals surface area contributed by atoms with Gasteiger partial charge in [-0.25, -0.2) is 14.4 Å².